The van der Waals surface area contributed by atoms with Crippen molar-refractivity contribution in [3.8, 4) is 5.75 Å². The molecule has 1 atom stereocenters. The summed E-state index contributed by atoms with van der Waals surface area (Å²) in [4.78, 5) is 28.2. The Morgan fingerprint density at radius 3 is 2.93 bits per heavy atom. The van der Waals surface area contributed by atoms with Gasteiger partial charge in [-0.05, 0) is 30.5 Å². The Hall–Kier alpha value is -3.07. The first kappa shape index (κ1) is 19.7. The molecule has 0 N–H and O–H groups in total. The molecule has 0 aliphatic carbocycles. The fraction of sp³-hybridized carbons (Fsp3) is 0.368. The summed E-state index contributed by atoms with van der Waals surface area (Å²) in [7, 11) is 0. The van der Waals surface area contributed by atoms with Gasteiger partial charge in [-0.15, -0.1) is 0 Å². The number of pyridine rings is 1. The number of rotatable bonds is 8. The van der Waals surface area contributed by atoms with Gasteiger partial charge in [-0.1, -0.05) is 6.07 Å². The van der Waals surface area contributed by atoms with Crippen molar-refractivity contribution >= 4 is 11.6 Å². The summed E-state index contributed by atoms with van der Waals surface area (Å²) in [6.07, 6.45) is 5.14. The Morgan fingerprint density at radius 1 is 1.43 bits per heavy atom. The van der Waals surface area contributed by atoms with Crippen molar-refractivity contribution in [1.82, 2.24) is 9.88 Å². The largest absolute Gasteiger partial charge is 0.484 e. The molecular weight excluding hydrogens is 369 g/mol. The molecule has 8 nitrogen and oxygen atoms in total. The molecule has 2 aromatic rings. The van der Waals surface area contributed by atoms with Gasteiger partial charge in [0.05, 0.1) is 11.0 Å². The van der Waals surface area contributed by atoms with Crippen LogP contribution in [0.15, 0.2) is 42.7 Å². The number of benzene rings is 1. The first-order valence-electron chi connectivity index (χ1n) is 8.88. The van der Waals surface area contributed by atoms with Crippen molar-refractivity contribution in [2.75, 3.05) is 19.8 Å². The number of ether oxygens (including phenoxy) is 2. The van der Waals surface area contributed by atoms with Crippen LogP contribution in [0.3, 0.4) is 0 Å². The van der Waals surface area contributed by atoms with E-state index >= 15 is 0 Å². The fourth-order valence-corrected chi connectivity index (χ4v) is 2.96. The molecule has 1 aromatic carbocycles. The van der Waals surface area contributed by atoms with Crippen LogP contribution in [0.5, 0.6) is 5.75 Å². The summed E-state index contributed by atoms with van der Waals surface area (Å²) < 4.78 is 24.7. The van der Waals surface area contributed by atoms with Crippen LogP contribution in [-0.2, 0) is 16.1 Å². The molecule has 0 radical (unpaired) electrons. The number of hydrogen-bond donors (Lipinski definition) is 0. The standard InChI is InChI=1S/C19H20FN3O5/c20-17-9-15(5-6-18(17)23(25)26)28-13-19(24)22(12-16-4-2-8-27-16)11-14-3-1-7-21-10-14/h1,3,5-7,9-10,16H,2,4,8,11-13H2. The van der Waals surface area contributed by atoms with Crippen molar-refractivity contribution in [3.05, 3.63) is 64.2 Å². The second-order valence-electron chi connectivity index (χ2n) is 6.43. The highest BCUT2D eigenvalue weighted by molar-refractivity contribution is 5.77. The Morgan fingerprint density at radius 2 is 2.29 bits per heavy atom. The van der Waals surface area contributed by atoms with Gasteiger partial charge in [0.15, 0.2) is 6.61 Å². The number of amides is 1. The second kappa shape index (κ2) is 9.23. The van der Waals surface area contributed by atoms with Gasteiger partial charge in [-0.2, -0.15) is 4.39 Å². The summed E-state index contributed by atoms with van der Waals surface area (Å²) >= 11 is 0. The first-order valence-corrected chi connectivity index (χ1v) is 8.88. The van der Waals surface area contributed by atoms with Crippen LogP contribution in [0.1, 0.15) is 18.4 Å². The summed E-state index contributed by atoms with van der Waals surface area (Å²) in [5.74, 6) is -1.26. The third kappa shape index (κ3) is 5.23. The van der Waals surface area contributed by atoms with E-state index in [1.54, 1.807) is 23.4 Å². The lowest BCUT2D eigenvalue weighted by atomic mass is 10.2. The molecule has 3 rings (SSSR count). The average molecular weight is 389 g/mol. The molecule has 0 spiro atoms. The number of hydrogen-bond acceptors (Lipinski definition) is 6. The minimum absolute atomic E-state index is 0.0301. The summed E-state index contributed by atoms with van der Waals surface area (Å²) in [6.45, 7) is 1.14. The molecule has 9 heteroatoms. The van der Waals surface area contributed by atoms with Gasteiger partial charge >= 0.3 is 5.69 Å². The number of carbonyl (C=O) groups is 1. The molecule has 1 amide bonds. The first-order chi connectivity index (χ1) is 13.5. The lowest BCUT2D eigenvalue weighted by molar-refractivity contribution is -0.387. The highest BCUT2D eigenvalue weighted by atomic mass is 19.1. The van der Waals surface area contributed by atoms with Crippen LogP contribution in [0.4, 0.5) is 10.1 Å². The molecule has 1 aromatic heterocycles. The molecule has 28 heavy (non-hydrogen) atoms. The number of halogens is 1. The molecule has 1 unspecified atom stereocenters. The normalized spacial score (nSPS) is 16.0. The van der Waals surface area contributed by atoms with Crippen LogP contribution in [0, 0.1) is 15.9 Å². The van der Waals surface area contributed by atoms with Crippen molar-refractivity contribution < 1.29 is 23.6 Å². The van der Waals surface area contributed by atoms with E-state index in [9.17, 15) is 19.3 Å². The van der Waals surface area contributed by atoms with Gasteiger partial charge in [0, 0.05) is 44.2 Å². The zero-order valence-corrected chi connectivity index (χ0v) is 15.1. The van der Waals surface area contributed by atoms with Gasteiger partial charge in [0.2, 0.25) is 5.82 Å². The van der Waals surface area contributed by atoms with E-state index in [1.807, 2.05) is 6.07 Å². The quantitative estimate of drug-likeness (QED) is 0.509. The molecule has 1 aliphatic rings. The zero-order chi connectivity index (χ0) is 19.9. The van der Waals surface area contributed by atoms with Crippen LogP contribution >= 0.6 is 0 Å². The second-order valence-corrected chi connectivity index (χ2v) is 6.43. The Labute approximate surface area is 161 Å². The SMILES string of the molecule is O=C(COc1ccc([N+](=O)[O-])c(F)c1)N(Cc1cccnc1)CC1CCCO1. The maximum atomic E-state index is 13.7. The highest BCUT2D eigenvalue weighted by Crippen LogP contribution is 2.22. The number of nitro groups is 1. The molecule has 2 heterocycles. The van der Waals surface area contributed by atoms with E-state index in [0.29, 0.717) is 19.7 Å². The van der Waals surface area contributed by atoms with Crippen LogP contribution in [-0.4, -0.2) is 46.6 Å². The minimum atomic E-state index is -1.01. The van der Waals surface area contributed by atoms with E-state index in [-0.39, 0.29) is 24.4 Å². The van der Waals surface area contributed by atoms with E-state index in [4.69, 9.17) is 9.47 Å². The molecule has 0 bridgehead atoms. The molecule has 1 saturated heterocycles. The lowest BCUT2D eigenvalue weighted by Gasteiger charge is -2.25. The van der Waals surface area contributed by atoms with Crippen LogP contribution in [0.2, 0.25) is 0 Å². The zero-order valence-electron chi connectivity index (χ0n) is 15.1. The van der Waals surface area contributed by atoms with Crippen molar-refractivity contribution in [3.63, 3.8) is 0 Å². The monoisotopic (exact) mass is 389 g/mol. The fourth-order valence-electron chi connectivity index (χ4n) is 2.96. The maximum absolute atomic E-state index is 13.7. The number of nitrogens with zero attached hydrogens (tertiary/aromatic N) is 3. The van der Waals surface area contributed by atoms with E-state index in [1.165, 1.54) is 6.07 Å². The predicted molar refractivity (Wildman–Crippen MR) is 97.2 cm³/mol. The molecule has 1 aliphatic heterocycles. The van der Waals surface area contributed by atoms with Crippen LogP contribution in [0.25, 0.3) is 0 Å². The third-order valence-corrected chi connectivity index (χ3v) is 4.38. The number of nitro benzene ring substituents is 1. The molecule has 0 saturated carbocycles. The Balaban J connectivity index is 1.64. The van der Waals surface area contributed by atoms with Crippen molar-refractivity contribution in [2.24, 2.45) is 0 Å². The van der Waals surface area contributed by atoms with Crippen molar-refractivity contribution in [2.45, 2.75) is 25.5 Å². The predicted octanol–water partition coefficient (Wildman–Crippen LogP) is 2.72. The van der Waals surface area contributed by atoms with Gasteiger partial charge in [0.1, 0.15) is 5.75 Å². The molecule has 1 fully saturated rings. The van der Waals surface area contributed by atoms with Gasteiger partial charge in [-0.25, -0.2) is 0 Å². The lowest BCUT2D eigenvalue weighted by Crippen LogP contribution is -2.39. The topological polar surface area (TPSA) is 94.8 Å². The van der Waals surface area contributed by atoms with Crippen LogP contribution < -0.4 is 4.74 Å². The number of carbonyl (C=O) groups excluding carboxylic acids is 1. The molecular formula is C19H20FN3O5. The molecule has 148 valence electrons. The third-order valence-electron chi connectivity index (χ3n) is 4.38. The summed E-state index contributed by atoms with van der Waals surface area (Å²) in [5, 5.41) is 10.7. The van der Waals surface area contributed by atoms with Gasteiger partial charge in [-0.3, -0.25) is 19.9 Å². The smallest absolute Gasteiger partial charge is 0.305 e. The average Bonchev–Trinajstić information content (AvgIpc) is 3.19. The van der Waals surface area contributed by atoms with E-state index in [2.05, 4.69) is 4.98 Å². The summed E-state index contributed by atoms with van der Waals surface area (Å²) in [5.41, 5.74) is 0.227. The van der Waals surface area contributed by atoms with Gasteiger partial charge in [0.25, 0.3) is 5.91 Å². The minimum Gasteiger partial charge on any atom is -0.484 e. The van der Waals surface area contributed by atoms with E-state index in [0.717, 1.165) is 30.5 Å². The van der Waals surface area contributed by atoms with Crippen molar-refractivity contribution in [1.29, 1.82) is 0 Å². The van der Waals surface area contributed by atoms with E-state index < -0.39 is 16.4 Å². The van der Waals surface area contributed by atoms with Gasteiger partial charge < -0.3 is 14.4 Å². The summed E-state index contributed by atoms with van der Waals surface area (Å²) in [6, 6.07) is 6.83. The maximum Gasteiger partial charge on any atom is 0.305 e. The number of aromatic nitrogens is 1. The Bertz CT molecular complexity index is 828. The highest BCUT2D eigenvalue weighted by Gasteiger charge is 2.23. The Kier molecular flexibility index (Phi) is 6.49.